The van der Waals surface area contributed by atoms with Gasteiger partial charge in [0.25, 0.3) is 0 Å². The first-order chi connectivity index (χ1) is 11.9. The third-order valence-electron chi connectivity index (χ3n) is 3.80. The van der Waals surface area contributed by atoms with Crippen LogP contribution in [-0.2, 0) is 4.57 Å². The van der Waals surface area contributed by atoms with Crippen molar-refractivity contribution < 1.29 is 23.6 Å². The number of benzene rings is 2. The maximum atomic E-state index is 13.2. The van der Waals surface area contributed by atoms with E-state index in [1.165, 1.54) is 21.3 Å². The van der Waals surface area contributed by atoms with Crippen LogP contribution in [0.25, 0.3) is 0 Å². The molecule has 0 spiro atoms. The third-order valence-corrected chi connectivity index (χ3v) is 5.60. The van der Waals surface area contributed by atoms with Crippen LogP contribution in [0.2, 0.25) is 0 Å². The number of carbonyl (C=O) groups excluding carboxylic acids is 1. The van der Waals surface area contributed by atoms with Crippen molar-refractivity contribution in [2.75, 3.05) is 21.3 Å². The lowest BCUT2D eigenvalue weighted by Gasteiger charge is -2.14. The van der Waals surface area contributed by atoms with Gasteiger partial charge in [-0.3, -0.25) is 4.79 Å². The smallest absolute Gasteiger partial charge is 0.380 e. The Morgan fingerprint density at radius 1 is 0.960 bits per heavy atom. The molecule has 0 N–H and O–H groups in total. The SMILES string of the molecule is COc1cc(OC)c(C(=O)c2ccccc2[P+](=O)C(C)C)c(OC)c1. The van der Waals surface area contributed by atoms with E-state index >= 15 is 0 Å². The van der Waals surface area contributed by atoms with E-state index < -0.39 is 7.80 Å². The summed E-state index contributed by atoms with van der Waals surface area (Å²) in [4.78, 5) is 13.2. The maximum absolute atomic E-state index is 13.2. The fourth-order valence-electron chi connectivity index (χ4n) is 2.50. The minimum absolute atomic E-state index is 0.0661. The predicted octanol–water partition coefficient (Wildman–Crippen LogP) is 3.80. The number of ether oxygens (including phenoxy) is 3. The fraction of sp³-hybridized carbons (Fsp3) is 0.316. The summed E-state index contributed by atoms with van der Waals surface area (Å²) in [6, 6.07) is 10.2. The van der Waals surface area contributed by atoms with Crippen molar-refractivity contribution in [2.45, 2.75) is 19.5 Å². The largest absolute Gasteiger partial charge is 0.496 e. The molecule has 1 atom stereocenters. The Kier molecular flexibility index (Phi) is 6.16. The first-order valence-corrected chi connectivity index (χ1v) is 9.17. The van der Waals surface area contributed by atoms with Crippen molar-refractivity contribution in [1.29, 1.82) is 0 Å². The molecule has 0 radical (unpaired) electrons. The summed E-state index contributed by atoms with van der Waals surface area (Å²) >= 11 is 0. The molecule has 0 aliphatic rings. The lowest BCUT2D eigenvalue weighted by atomic mass is 10.0. The fourth-order valence-corrected chi connectivity index (χ4v) is 3.70. The van der Waals surface area contributed by atoms with Gasteiger partial charge in [0.15, 0.2) is 5.66 Å². The average molecular weight is 361 g/mol. The number of carbonyl (C=O) groups is 1. The topological polar surface area (TPSA) is 61.8 Å². The van der Waals surface area contributed by atoms with Gasteiger partial charge in [-0.05, 0) is 26.0 Å². The molecule has 0 bridgehead atoms. The number of hydrogen-bond donors (Lipinski definition) is 0. The highest BCUT2D eigenvalue weighted by Gasteiger charge is 2.32. The summed E-state index contributed by atoms with van der Waals surface area (Å²) in [7, 11) is 2.79. The molecular formula is C19H22O5P+. The zero-order valence-electron chi connectivity index (χ0n) is 15.0. The van der Waals surface area contributed by atoms with Gasteiger partial charge in [-0.25, -0.2) is 0 Å². The molecule has 0 fully saturated rings. The van der Waals surface area contributed by atoms with Gasteiger partial charge in [0.05, 0.1) is 26.9 Å². The van der Waals surface area contributed by atoms with Crippen LogP contribution < -0.4 is 19.5 Å². The molecule has 0 aliphatic carbocycles. The molecule has 2 aromatic carbocycles. The van der Waals surface area contributed by atoms with E-state index in [-0.39, 0.29) is 17.0 Å². The van der Waals surface area contributed by atoms with E-state index in [0.29, 0.717) is 28.1 Å². The summed E-state index contributed by atoms with van der Waals surface area (Å²) in [6.07, 6.45) is 0. The van der Waals surface area contributed by atoms with Crippen molar-refractivity contribution >= 4 is 18.9 Å². The summed E-state index contributed by atoms with van der Waals surface area (Å²) in [5, 5.41) is 0.539. The molecular weight excluding hydrogens is 339 g/mol. The predicted molar refractivity (Wildman–Crippen MR) is 98.3 cm³/mol. The monoisotopic (exact) mass is 361 g/mol. The van der Waals surface area contributed by atoms with Crippen LogP contribution in [0, 0.1) is 0 Å². The molecule has 25 heavy (non-hydrogen) atoms. The van der Waals surface area contributed by atoms with Crippen molar-refractivity contribution in [1.82, 2.24) is 0 Å². The molecule has 2 aromatic rings. The van der Waals surface area contributed by atoms with Gasteiger partial charge < -0.3 is 14.2 Å². The van der Waals surface area contributed by atoms with E-state index in [0.717, 1.165) is 0 Å². The Hall–Kier alpha value is -2.39. The Balaban J connectivity index is 2.65. The van der Waals surface area contributed by atoms with Crippen LogP contribution >= 0.6 is 7.80 Å². The first kappa shape index (κ1) is 18.9. The molecule has 2 rings (SSSR count). The van der Waals surface area contributed by atoms with E-state index in [9.17, 15) is 9.36 Å². The van der Waals surface area contributed by atoms with Gasteiger partial charge >= 0.3 is 7.80 Å². The van der Waals surface area contributed by atoms with Gasteiger partial charge in [-0.2, -0.15) is 0 Å². The average Bonchev–Trinajstić information content (AvgIpc) is 2.65. The van der Waals surface area contributed by atoms with Gasteiger partial charge in [-0.15, -0.1) is 0 Å². The lowest BCUT2D eigenvalue weighted by molar-refractivity contribution is 0.103. The second-order valence-electron chi connectivity index (χ2n) is 5.67. The van der Waals surface area contributed by atoms with Gasteiger partial charge in [0, 0.05) is 12.1 Å². The summed E-state index contributed by atoms with van der Waals surface area (Å²) in [5.41, 5.74) is 0.605. The Labute approximate surface area is 148 Å². The van der Waals surface area contributed by atoms with E-state index in [4.69, 9.17) is 14.2 Å². The number of hydrogen-bond acceptors (Lipinski definition) is 5. The second kappa shape index (κ2) is 8.13. The van der Waals surface area contributed by atoms with Crippen LogP contribution in [0.1, 0.15) is 29.8 Å². The van der Waals surface area contributed by atoms with Crippen molar-refractivity contribution in [2.24, 2.45) is 0 Å². The van der Waals surface area contributed by atoms with Crippen molar-refractivity contribution in [3.8, 4) is 17.2 Å². The van der Waals surface area contributed by atoms with Crippen LogP contribution in [-0.4, -0.2) is 32.8 Å². The minimum atomic E-state index is -1.69. The zero-order chi connectivity index (χ0) is 18.6. The van der Waals surface area contributed by atoms with Crippen LogP contribution in [0.4, 0.5) is 0 Å². The number of ketones is 1. The van der Waals surface area contributed by atoms with E-state index in [1.54, 1.807) is 36.4 Å². The van der Waals surface area contributed by atoms with Gasteiger partial charge in [0.1, 0.15) is 22.8 Å². The Morgan fingerprint density at radius 2 is 1.52 bits per heavy atom. The van der Waals surface area contributed by atoms with Crippen molar-refractivity contribution in [3.63, 3.8) is 0 Å². The molecule has 5 nitrogen and oxygen atoms in total. The first-order valence-electron chi connectivity index (χ1n) is 7.84. The normalized spacial score (nSPS) is 11.2. The highest BCUT2D eigenvalue weighted by atomic mass is 31.1. The van der Waals surface area contributed by atoms with E-state index in [2.05, 4.69) is 0 Å². The highest BCUT2D eigenvalue weighted by molar-refractivity contribution is 7.54. The molecule has 0 heterocycles. The Bertz CT molecular complexity index is 773. The Morgan fingerprint density at radius 3 is 2.00 bits per heavy atom. The molecule has 1 unspecified atom stereocenters. The zero-order valence-corrected chi connectivity index (χ0v) is 15.9. The third kappa shape index (κ3) is 3.83. The highest BCUT2D eigenvalue weighted by Crippen LogP contribution is 2.37. The second-order valence-corrected chi connectivity index (χ2v) is 7.84. The number of methoxy groups -OCH3 is 3. The molecule has 0 saturated heterocycles. The molecule has 132 valence electrons. The van der Waals surface area contributed by atoms with Gasteiger partial charge in [0.2, 0.25) is 11.1 Å². The standard InChI is InChI=1S/C19H22O5P/c1-12(2)25(21)17-9-7-6-8-14(17)19(20)18-15(23-4)10-13(22-3)11-16(18)24-5/h6-12H,1-5H3/q+1. The lowest BCUT2D eigenvalue weighted by Crippen LogP contribution is -2.17. The summed E-state index contributed by atoms with van der Waals surface area (Å²) in [6.45, 7) is 3.74. The quantitative estimate of drug-likeness (QED) is 0.554. The molecule has 0 amide bonds. The van der Waals surface area contributed by atoms with Crippen LogP contribution in [0.15, 0.2) is 36.4 Å². The van der Waals surface area contributed by atoms with E-state index in [1.807, 2.05) is 13.8 Å². The minimum Gasteiger partial charge on any atom is -0.496 e. The molecule has 0 saturated carbocycles. The van der Waals surface area contributed by atoms with Crippen molar-refractivity contribution in [3.05, 3.63) is 47.5 Å². The molecule has 6 heteroatoms. The van der Waals surface area contributed by atoms with Crippen LogP contribution in [0.3, 0.4) is 0 Å². The van der Waals surface area contributed by atoms with Gasteiger partial charge in [-0.1, -0.05) is 16.7 Å². The van der Waals surface area contributed by atoms with Crippen LogP contribution in [0.5, 0.6) is 17.2 Å². The maximum Gasteiger partial charge on any atom is 0.380 e. The molecule has 0 aromatic heterocycles. The summed E-state index contributed by atoms with van der Waals surface area (Å²) < 4.78 is 28.6. The molecule has 0 aliphatic heterocycles. The summed E-state index contributed by atoms with van der Waals surface area (Å²) in [5.74, 6) is 0.911. The number of rotatable bonds is 7.